The zero-order valence-corrected chi connectivity index (χ0v) is 8.27. The number of rotatable bonds is 4. The molecule has 0 saturated carbocycles. The fourth-order valence-corrected chi connectivity index (χ4v) is 1.65. The molecule has 0 aliphatic heterocycles. The standard InChI is InChI=1S/C9H15NOS/c1-7(2)8(6-11)10-9-4-3-5-12-9/h3-5,7-8,10-11H,6H2,1-2H3. The van der Waals surface area contributed by atoms with E-state index in [4.69, 9.17) is 5.11 Å². The Morgan fingerprint density at radius 3 is 2.75 bits per heavy atom. The second kappa shape index (κ2) is 4.48. The lowest BCUT2D eigenvalue weighted by Crippen LogP contribution is -2.28. The fraction of sp³-hybridized carbons (Fsp3) is 0.556. The maximum absolute atomic E-state index is 9.04. The summed E-state index contributed by atoms with van der Waals surface area (Å²) in [5.41, 5.74) is 0. The van der Waals surface area contributed by atoms with Gasteiger partial charge >= 0.3 is 0 Å². The summed E-state index contributed by atoms with van der Waals surface area (Å²) in [5, 5.41) is 15.5. The van der Waals surface area contributed by atoms with E-state index < -0.39 is 0 Å². The van der Waals surface area contributed by atoms with Gasteiger partial charge in [-0.15, -0.1) is 11.3 Å². The van der Waals surface area contributed by atoms with Gasteiger partial charge in [0.25, 0.3) is 0 Å². The third-order valence-corrected chi connectivity index (χ3v) is 2.65. The van der Waals surface area contributed by atoms with Crippen LogP contribution in [0.4, 0.5) is 5.00 Å². The lowest BCUT2D eigenvalue weighted by Gasteiger charge is -2.19. The molecule has 68 valence electrons. The van der Waals surface area contributed by atoms with Crippen LogP contribution in [0, 0.1) is 5.92 Å². The lowest BCUT2D eigenvalue weighted by atomic mass is 10.1. The summed E-state index contributed by atoms with van der Waals surface area (Å²) < 4.78 is 0. The molecule has 3 heteroatoms. The van der Waals surface area contributed by atoms with Gasteiger partial charge in [-0.2, -0.15) is 0 Å². The number of thiophene rings is 1. The summed E-state index contributed by atoms with van der Waals surface area (Å²) in [6, 6.07) is 4.20. The molecule has 0 saturated heterocycles. The zero-order chi connectivity index (χ0) is 8.97. The molecule has 0 aliphatic rings. The van der Waals surface area contributed by atoms with Crippen LogP contribution in [0.5, 0.6) is 0 Å². The van der Waals surface area contributed by atoms with Gasteiger partial charge in [-0.1, -0.05) is 13.8 Å². The molecule has 0 amide bonds. The summed E-state index contributed by atoms with van der Waals surface area (Å²) >= 11 is 1.66. The smallest absolute Gasteiger partial charge is 0.0885 e. The molecule has 1 aromatic heterocycles. The van der Waals surface area contributed by atoms with Gasteiger partial charge < -0.3 is 10.4 Å². The van der Waals surface area contributed by atoms with Gasteiger partial charge in [-0.3, -0.25) is 0 Å². The van der Waals surface area contributed by atoms with E-state index in [2.05, 4.69) is 19.2 Å². The molecule has 1 atom stereocenters. The van der Waals surface area contributed by atoms with E-state index in [0.29, 0.717) is 5.92 Å². The van der Waals surface area contributed by atoms with Crippen LogP contribution in [0.25, 0.3) is 0 Å². The number of hydrogen-bond donors (Lipinski definition) is 2. The predicted octanol–water partition coefficient (Wildman–Crippen LogP) is 2.18. The molecular weight excluding hydrogens is 170 g/mol. The molecule has 0 fully saturated rings. The van der Waals surface area contributed by atoms with Crippen LogP contribution >= 0.6 is 11.3 Å². The number of aliphatic hydroxyl groups is 1. The zero-order valence-electron chi connectivity index (χ0n) is 7.45. The Morgan fingerprint density at radius 1 is 1.58 bits per heavy atom. The van der Waals surface area contributed by atoms with Crippen molar-refractivity contribution in [1.82, 2.24) is 0 Å². The molecule has 1 unspecified atom stereocenters. The number of nitrogens with one attached hydrogen (secondary N) is 1. The maximum Gasteiger partial charge on any atom is 0.0885 e. The van der Waals surface area contributed by atoms with E-state index in [1.54, 1.807) is 11.3 Å². The highest BCUT2D eigenvalue weighted by molar-refractivity contribution is 7.14. The second-order valence-corrected chi connectivity index (χ2v) is 4.10. The number of hydrogen-bond acceptors (Lipinski definition) is 3. The second-order valence-electron chi connectivity index (χ2n) is 3.15. The van der Waals surface area contributed by atoms with E-state index in [0.717, 1.165) is 5.00 Å². The van der Waals surface area contributed by atoms with Crippen molar-refractivity contribution in [2.45, 2.75) is 19.9 Å². The molecule has 2 N–H and O–H groups in total. The van der Waals surface area contributed by atoms with E-state index >= 15 is 0 Å². The summed E-state index contributed by atoms with van der Waals surface area (Å²) in [7, 11) is 0. The molecule has 0 radical (unpaired) electrons. The molecule has 1 heterocycles. The van der Waals surface area contributed by atoms with Crippen LogP contribution in [0.3, 0.4) is 0 Å². The molecule has 0 aliphatic carbocycles. The molecule has 0 aromatic carbocycles. The van der Waals surface area contributed by atoms with Gasteiger partial charge in [0, 0.05) is 0 Å². The third kappa shape index (κ3) is 2.50. The van der Waals surface area contributed by atoms with Crippen LogP contribution in [-0.4, -0.2) is 17.8 Å². The van der Waals surface area contributed by atoms with Gasteiger partial charge in [-0.25, -0.2) is 0 Å². The molecule has 0 spiro atoms. The summed E-state index contributed by atoms with van der Waals surface area (Å²) in [6.07, 6.45) is 0. The van der Waals surface area contributed by atoms with E-state index in [1.807, 2.05) is 17.5 Å². The van der Waals surface area contributed by atoms with Crippen molar-refractivity contribution in [3.63, 3.8) is 0 Å². The first-order valence-electron chi connectivity index (χ1n) is 4.15. The van der Waals surface area contributed by atoms with Crippen LogP contribution < -0.4 is 5.32 Å². The molecule has 1 rings (SSSR count). The Bertz CT molecular complexity index is 208. The fourth-order valence-electron chi connectivity index (χ4n) is 0.967. The van der Waals surface area contributed by atoms with Gasteiger partial charge in [0.15, 0.2) is 0 Å². The molecule has 2 nitrogen and oxygen atoms in total. The Balaban J connectivity index is 2.48. The van der Waals surface area contributed by atoms with Crippen molar-refractivity contribution < 1.29 is 5.11 Å². The minimum atomic E-state index is 0.170. The predicted molar refractivity (Wildman–Crippen MR) is 53.7 cm³/mol. The largest absolute Gasteiger partial charge is 0.394 e. The van der Waals surface area contributed by atoms with Gasteiger partial charge in [0.1, 0.15) is 0 Å². The molecule has 1 aromatic rings. The average molecular weight is 185 g/mol. The molecular formula is C9H15NOS. The minimum Gasteiger partial charge on any atom is -0.394 e. The summed E-state index contributed by atoms with van der Waals surface area (Å²) in [5.74, 6) is 0.456. The number of aliphatic hydroxyl groups excluding tert-OH is 1. The van der Waals surface area contributed by atoms with E-state index in [9.17, 15) is 0 Å². The van der Waals surface area contributed by atoms with Crippen molar-refractivity contribution in [1.29, 1.82) is 0 Å². The van der Waals surface area contributed by atoms with Crippen molar-refractivity contribution >= 4 is 16.3 Å². The highest BCUT2D eigenvalue weighted by Gasteiger charge is 2.11. The van der Waals surface area contributed by atoms with Crippen LogP contribution in [-0.2, 0) is 0 Å². The Labute approximate surface area is 77.2 Å². The topological polar surface area (TPSA) is 32.3 Å². The lowest BCUT2D eigenvalue weighted by molar-refractivity contribution is 0.249. The highest BCUT2D eigenvalue weighted by Crippen LogP contribution is 2.18. The highest BCUT2D eigenvalue weighted by atomic mass is 32.1. The van der Waals surface area contributed by atoms with Crippen LogP contribution in [0.2, 0.25) is 0 Å². The first-order valence-corrected chi connectivity index (χ1v) is 5.03. The van der Waals surface area contributed by atoms with Crippen LogP contribution in [0.1, 0.15) is 13.8 Å². The summed E-state index contributed by atoms with van der Waals surface area (Å²) in [4.78, 5) is 0. The Morgan fingerprint density at radius 2 is 2.33 bits per heavy atom. The van der Waals surface area contributed by atoms with E-state index in [-0.39, 0.29) is 12.6 Å². The van der Waals surface area contributed by atoms with Crippen molar-refractivity contribution in [2.24, 2.45) is 5.92 Å². The first-order chi connectivity index (χ1) is 5.74. The summed E-state index contributed by atoms with van der Waals surface area (Å²) in [6.45, 7) is 4.39. The van der Waals surface area contributed by atoms with Gasteiger partial charge in [-0.05, 0) is 23.4 Å². The maximum atomic E-state index is 9.04. The van der Waals surface area contributed by atoms with Crippen molar-refractivity contribution in [3.8, 4) is 0 Å². The monoisotopic (exact) mass is 185 g/mol. The SMILES string of the molecule is CC(C)C(CO)Nc1cccs1. The normalized spacial score (nSPS) is 13.3. The minimum absolute atomic E-state index is 0.170. The Hall–Kier alpha value is -0.540. The van der Waals surface area contributed by atoms with Crippen molar-refractivity contribution in [3.05, 3.63) is 17.5 Å². The molecule has 0 bridgehead atoms. The average Bonchev–Trinajstić information content (AvgIpc) is 2.51. The third-order valence-electron chi connectivity index (χ3n) is 1.85. The van der Waals surface area contributed by atoms with Crippen LogP contribution in [0.15, 0.2) is 17.5 Å². The first kappa shape index (κ1) is 9.55. The number of anilines is 1. The molecule has 12 heavy (non-hydrogen) atoms. The van der Waals surface area contributed by atoms with E-state index in [1.165, 1.54) is 0 Å². The van der Waals surface area contributed by atoms with Gasteiger partial charge in [0.2, 0.25) is 0 Å². The quantitative estimate of drug-likeness (QED) is 0.753. The Kier molecular flexibility index (Phi) is 3.56. The van der Waals surface area contributed by atoms with Crippen molar-refractivity contribution in [2.75, 3.05) is 11.9 Å². The van der Waals surface area contributed by atoms with Gasteiger partial charge in [0.05, 0.1) is 17.6 Å².